The standard InChI is InChI=1S/C13H16N4OS/c14-12(16-18)6-8-17(10-13-15-7-9-19-13)11-4-2-1-3-5-11/h1-5,7,9,18H,6,8,10H2,(H2,14,16). The summed E-state index contributed by atoms with van der Waals surface area (Å²) in [4.78, 5) is 6.46. The van der Waals surface area contributed by atoms with Gasteiger partial charge >= 0.3 is 0 Å². The molecule has 0 bridgehead atoms. The fourth-order valence-corrected chi connectivity index (χ4v) is 2.36. The number of nitrogens with two attached hydrogens (primary N) is 1. The Hall–Kier alpha value is -2.08. The zero-order valence-electron chi connectivity index (χ0n) is 10.4. The van der Waals surface area contributed by atoms with Crippen LogP contribution in [-0.4, -0.2) is 22.6 Å². The third-order valence-electron chi connectivity index (χ3n) is 2.70. The van der Waals surface area contributed by atoms with Gasteiger partial charge in [-0.2, -0.15) is 0 Å². The summed E-state index contributed by atoms with van der Waals surface area (Å²) in [7, 11) is 0. The highest BCUT2D eigenvalue weighted by Crippen LogP contribution is 2.18. The molecule has 0 amide bonds. The molecule has 0 unspecified atom stereocenters. The third-order valence-corrected chi connectivity index (χ3v) is 3.46. The molecular weight excluding hydrogens is 260 g/mol. The van der Waals surface area contributed by atoms with Crippen molar-refractivity contribution in [2.24, 2.45) is 10.9 Å². The van der Waals surface area contributed by atoms with Gasteiger partial charge in [0.1, 0.15) is 10.8 Å². The van der Waals surface area contributed by atoms with E-state index in [-0.39, 0.29) is 5.84 Å². The van der Waals surface area contributed by atoms with Crippen molar-refractivity contribution in [3.05, 3.63) is 46.9 Å². The number of amidine groups is 1. The molecule has 0 spiro atoms. The Morgan fingerprint density at radius 2 is 2.16 bits per heavy atom. The minimum Gasteiger partial charge on any atom is -0.409 e. The van der Waals surface area contributed by atoms with Gasteiger partial charge in [-0.25, -0.2) is 4.98 Å². The third kappa shape index (κ3) is 3.96. The van der Waals surface area contributed by atoms with Gasteiger partial charge in [0, 0.05) is 30.2 Å². The van der Waals surface area contributed by atoms with Crippen LogP contribution < -0.4 is 10.6 Å². The van der Waals surface area contributed by atoms with E-state index in [0.717, 1.165) is 17.2 Å². The maximum absolute atomic E-state index is 8.61. The van der Waals surface area contributed by atoms with Crippen molar-refractivity contribution in [1.82, 2.24) is 4.98 Å². The van der Waals surface area contributed by atoms with E-state index in [4.69, 9.17) is 10.9 Å². The van der Waals surface area contributed by atoms with E-state index in [1.54, 1.807) is 17.5 Å². The van der Waals surface area contributed by atoms with E-state index in [0.29, 0.717) is 13.0 Å². The van der Waals surface area contributed by atoms with Crippen LogP contribution in [0.3, 0.4) is 0 Å². The molecule has 5 nitrogen and oxygen atoms in total. The molecule has 0 aliphatic carbocycles. The number of hydrogen-bond acceptors (Lipinski definition) is 5. The molecule has 0 saturated carbocycles. The molecule has 3 N–H and O–H groups in total. The van der Waals surface area contributed by atoms with Crippen molar-refractivity contribution in [2.75, 3.05) is 11.4 Å². The summed E-state index contributed by atoms with van der Waals surface area (Å²) in [5.74, 6) is 0.236. The number of oxime groups is 1. The van der Waals surface area contributed by atoms with Crippen molar-refractivity contribution in [3.63, 3.8) is 0 Å². The van der Waals surface area contributed by atoms with Crippen molar-refractivity contribution in [1.29, 1.82) is 0 Å². The second kappa shape index (κ2) is 6.75. The molecule has 0 aliphatic rings. The summed E-state index contributed by atoms with van der Waals surface area (Å²) in [6, 6.07) is 10.1. The van der Waals surface area contributed by atoms with Crippen LogP contribution in [0.1, 0.15) is 11.4 Å². The predicted octanol–water partition coefficient (Wildman–Crippen LogP) is 2.29. The molecule has 0 saturated heterocycles. The molecule has 0 radical (unpaired) electrons. The molecule has 1 aromatic carbocycles. The second-order valence-electron chi connectivity index (χ2n) is 4.02. The highest BCUT2D eigenvalue weighted by Gasteiger charge is 2.09. The Balaban J connectivity index is 2.09. The van der Waals surface area contributed by atoms with Gasteiger partial charge < -0.3 is 15.8 Å². The number of benzene rings is 1. The lowest BCUT2D eigenvalue weighted by Crippen LogP contribution is -2.27. The van der Waals surface area contributed by atoms with Crippen molar-refractivity contribution >= 4 is 22.9 Å². The molecule has 0 aliphatic heterocycles. The zero-order valence-corrected chi connectivity index (χ0v) is 11.3. The monoisotopic (exact) mass is 276 g/mol. The maximum atomic E-state index is 8.61. The van der Waals surface area contributed by atoms with Gasteiger partial charge in [0.15, 0.2) is 0 Å². The van der Waals surface area contributed by atoms with Crippen LogP contribution in [0.5, 0.6) is 0 Å². The first-order valence-electron chi connectivity index (χ1n) is 5.94. The number of nitrogens with zero attached hydrogens (tertiary/aromatic N) is 3. The Labute approximate surface area is 116 Å². The molecule has 1 aromatic heterocycles. The van der Waals surface area contributed by atoms with Crippen LogP contribution in [0.15, 0.2) is 47.1 Å². The van der Waals surface area contributed by atoms with E-state index in [2.05, 4.69) is 15.0 Å². The maximum Gasteiger partial charge on any atom is 0.140 e. The Bertz CT molecular complexity index is 513. The van der Waals surface area contributed by atoms with E-state index in [1.165, 1.54) is 0 Å². The van der Waals surface area contributed by atoms with E-state index in [1.807, 2.05) is 35.7 Å². The quantitative estimate of drug-likeness (QED) is 0.367. The SMILES string of the molecule is NC(CCN(Cc1nccs1)c1ccccc1)=NO. The van der Waals surface area contributed by atoms with E-state index in [9.17, 15) is 0 Å². The highest BCUT2D eigenvalue weighted by atomic mass is 32.1. The summed E-state index contributed by atoms with van der Waals surface area (Å²) in [6.45, 7) is 1.40. The first kappa shape index (κ1) is 13.4. The summed E-state index contributed by atoms with van der Waals surface area (Å²) < 4.78 is 0. The summed E-state index contributed by atoms with van der Waals surface area (Å²) >= 11 is 1.62. The van der Waals surface area contributed by atoms with Crippen LogP contribution >= 0.6 is 11.3 Å². The van der Waals surface area contributed by atoms with Crippen LogP contribution in [0, 0.1) is 0 Å². The van der Waals surface area contributed by atoms with Gasteiger partial charge in [-0.15, -0.1) is 11.3 Å². The summed E-state index contributed by atoms with van der Waals surface area (Å²) in [5.41, 5.74) is 6.63. The fraction of sp³-hybridized carbons (Fsp3) is 0.231. The number of thiazole rings is 1. The largest absolute Gasteiger partial charge is 0.409 e. The smallest absolute Gasteiger partial charge is 0.140 e. The van der Waals surface area contributed by atoms with Crippen LogP contribution in [0.25, 0.3) is 0 Å². The van der Waals surface area contributed by atoms with Crippen molar-refractivity contribution in [3.8, 4) is 0 Å². The van der Waals surface area contributed by atoms with Gasteiger partial charge in [-0.05, 0) is 12.1 Å². The van der Waals surface area contributed by atoms with Gasteiger partial charge in [-0.3, -0.25) is 0 Å². The second-order valence-corrected chi connectivity index (χ2v) is 5.00. The number of anilines is 1. The molecule has 6 heteroatoms. The number of aromatic nitrogens is 1. The topological polar surface area (TPSA) is 74.7 Å². The van der Waals surface area contributed by atoms with Gasteiger partial charge in [0.05, 0.1) is 6.54 Å². The Kier molecular flexibility index (Phi) is 4.74. The van der Waals surface area contributed by atoms with Crippen LogP contribution in [0.2, 0.25) is 0 Å². The molecule has 100 valence electrons. The molecule has 0 atom stereocenters. The van der Waals surface area contributed by atoms with Gasteiger partial charge in [0.2, 0.25) is 0 Å². The zero-order chi connectivity index (χ0) is 13.5. The lowest BCUT2D eigenvalue weighted by molar-refractivity contribution is 0.317. The average molecular weight is 276 g/mol. The lowest BCUT2D eigenvalue weighted by atomic mass is 10.2. The lowest BCUT2D eigenvalue weighted by Gasteiger charge is -2.23. The van der Waals surface area contributed by atoms with Crippen LogP contribution in [-0.2, 0) is 6.54 Å². The van der Waals surface area contributed by atoms with Crippen molar-refractivity contribution < 1.29 is 5.21 Å². The molecule has 1 heterocycles. The average Bonchev–Trinajstić information content (AvgIpc) is 2.97. The van der Waals surface area contributed by atoms with E-state index < -0.39 is 0 Å². The van der Waals surface area contributed by atoms with Gasteiger partial charge in [0.25, 0.3) is 0 Å². The van der Waals surface area contributed by atoms with Gasteiger partial charge in [-0.1, -0.05) is 23.4 Å². The number of para-hydroxylation sites is 1. The first-order valence-corrected chi connectivity index (χ1v) is 6.82. The Morgan fingerprint density at radius 1 is 1.37 bits per heavy atom. The Morgan fingerprint density at radius 3 is 2.79 bits per heavy atom. The number of rotatable bonds is 6. The predicted molar refractivity (Wildman–Crippen MR) is 77.6 cm³/mol. The molecule has 2 aromatic rings. The van der Waals surface area contributed by atoms with E-state index >= 15 is 0 Å². The number of hydrogen-bond donors (Lipinski definition) is 2. The summed E-state index contributed by atoms with van der Waals surface area (Å²) in [6.07, 6.45) is 2.31. The normalized spacial score (nSPS) is 11.5. The first-order chi connectivity index (χ1) is 9.29. The highest BCUT2D eigenvalue weighted by molar-refractivity contribution is 7.09. The minimum atomic E-state index is 0.236. The molecule has 2 rings (SSSR count). The van der Waals surface area contributed by atoms with Crippen molar-refractivity contribution in [2.45, 2.75) is 13.0 Å². The summed E-state index contributed by atoms with van der Waals surface area (Å²) in [5, 5.41) is 14.6. The molecule has 19 heavy (non-hydrogen) atoms. The fourth-order valence-electron chi connectivity index (χ4n) is 1.73. The minimum absolute atomic E-state index is 0.236. The molecular formula is C13H16N4OS. The van der Waals surface area contributed by atoms with Crippen LogP contribution in [0.4, 0.5) is 5.69 Å². The molecule has 0 fully saturated rings.